The Bertz CT molecular complexity index is 345. The molecule has 0 fully saturated rings. The quantitative estimate of drug-likeness (QED) is 0.704. The van der Waals surface area contributed by atoms with Crippen molar-refractivity contribution in [2.75, 3.05) is 0 Å². The standard InChI is InChI=1S/C7H6ClFN2O2/c8-3-1-4(5(10)7(12)13)6(9)11-2-3/h1-2,5H,10H2,(H,12,13)/t5-/m1/s1. The molecule has 13 heavy (non-hydrogen) atoms. The Morgan fingerprint density at radius 1 is 1.77 bits per heavy atom. The lowest BCUT2D eigenvalue weighted by Crippen LogP contribution is -2.22. The lowest BCUT2D eigenvalue weighted by Gasteiger charge is -2.06. The minimum atomic E-state index is -1.44. The second-order valence-electron chi connectivity index (χ2n) is 2.35. The molecule has 1 atom stereocenters. The highest BCUT2D eigenvalue weighted by Gasteiger charge is 2.19. The van der Waals surface area contributed by atoms with Crippen LogP contribution >= 0.6 is 11.6 Å². The van der Waals surface area contributed by atoms with Crippen LogP contribution in [0.15, 0.2) is 12.3 Å². The van der Waals surface area contributed by atoms with E-state index >= 15 is 0 Å². The van der Waals surface area contributed by atoms with Gasteiger partial charge in [0.05, 0.1) is 5.02 Å². The van der Waals surface area contributed by atoms with Crippen LogP contribution in [0.1, 0.15) is 11.6 Å². The number of halogens is 2. The van der Waals surface area contributed by atoms with Gasteiger partial charge in [-0.15, -0.1) is 0 Å². The van der Waals surface area contributed by atoms with Crippen LogP contribution in [0.25, 0.3) is 0 Å². The first-order chi connectivity index (χ1) is 6.02. The minimum Gasteiger partial charge on any atom is -0.480 e. The molecule has 0 radical (unpaired) electrons. The van der Waals surface area contributed by atoms with Crippen molar-refractivity contribution in [3.05, 3.63) is 28.8 Å². The van der Waals surface area contributed by atoms with Gasteiger partial charge in [-0.3, -0.25) is 4.79 Å². The maximum atomic E-state index is 12.9. The maximum Gasteiger partial charge on any atom is 0.325 e. The lowest BCUT2D eigenvalue weighted by atomic mass is 10.1. The summed E-state index contributed by atoms with van der Waals surface area (Å²) in [6.07, 6.45) is 1.08. The molecule has 70 valence electrons. The van der Waals surface area contributed by atoms with Crippen molar-refractivity contribution in [2.24, 2.45) is 5.73 Å². The number of nitrogens with two attached hydrogens (primary N) is 1. The van der Waals surface area contributed by atoms with E-state index in [1.165, 1.54) is 0 Å². The fourth-order valence-electron chi connectivity index (χ4n) is 0.789. The van der Waals surface area contributed by atoms with Gasteiger partial charge in [-0.05, 0) is 6.07 Å². The van der Waals surface area contributed by atoms with Gasteiger partial charge in [-0.2, -0.15) is 4.39 Å². The van der Waals surface area contributed by atoms with Gasteiger partial charge in [0.2, 0.25) is 5.95 Å². The number of carboxylic acid groups (broad SMARTS) is 1. The second-order valence-corrected chi connectivity index (χ2v) is 2.79. The molecule has 0 saturated carbocycles. The van der Waals surface area contributed by atoms with E-state index < -0.39 is 18.0 Å². The highest BCUT2D eigenvalue weighted by Crippen LogP contribution is 2.17. The summed E-state index contributed by atoms with van der Waals surface area (Å²) in [4.78, 5) is 13.6. The molecule has 0 bridgehead atoms. The first-order valence-corrected chi connectivity index (χ1v) is 3.69. The Kier molecular flexibility index (Phi) is 2.79. The van der Waals surface area contributed by atoms with Crippen molar-refractivity contribution in [2.45, 2.75) is 6.04 Å². The van der Waals surface area contributed by atoms with Crippen molar-refractivity contribution in [3.8, 4) is 0 Å². The summed E-state index contributed by atoms with van der Waals surface area (Å²) >= 11 is 5.49. The first kappa shape index (κ1) is 9.88. The molecule has 1 aromatic heterocycles. The number of rotatable bonds is 2. The molecule has 0 unspecified atom stereocenters. The molecule has 0 aliphatic carbocycles. The maximum absolute atomic E-state index is 12.9. The van der Waals surface area contributed by atoms with Gasteiger partial charge in [0, 0.05) is 11.8 Å². The largest absolute Gasteiger partial charge is 0.480 e. The average molecular weight is 205 g/mol. The van der Waals surface area contributed by atoms with Crippen molar-refractivity contribution in [3.63, 3.8) is 0 Å². The molecule has 4 nitrogen and oxygen atoms in total. The van der Waals surface area contributed by atoms with Crippen LogP contribution in [-0.2, 0) is 4.79 Å². The summed E-state index contributed by atoms with van der Waals surface area (Å²) in [6.45, 7) is 0. The van der Waals surface area contributed by atoms with Crippen LogP contribution in [0.3, 0.4) is 0 Å². The van der Waals surface area contributed by atoms with Gasteiger partial charge >= 0.3 is 5.97 Å². The SMILES string of the molecule is N[C@@H](C(=O)O)c1cc(Cl)cnc1F. The molecule has 0 amide bonds. The number of carbonyl (C=O) groups is 1. The molecule has 0 aromatic carbocycles. The first-order valence-electron chi connectivity index (χ1n) is 3.31. The van der Waals surface area contributed by atoms with E-state index in [0.717, 1.165) is 12.3 Å². The molecule has 1 rings (SSSR count). The molecule has 3 N–H and O–H groups in total. The number of hydrogen-bond donors (Lipinski definition) is 2. The Hall–Kier alpha value is -1.20. The van der Waals surface area contributed by atoms with Crippen molar-refractivity contribution in [1.29, 1.82) is 0 Å². The summed E-state index contributed by atoms with van der Waals surface area (Å²) in [6, 6.07) is -0.297. The predicted molar refractivity (Wildman–Crippen MR) is 43.8 cm³/mol. The van der Waals surface area contributed by atoms with Crippen LogP contribution in [0, 0.1) is 5.95 Å². The third-order valence-electron chi connectivity index (χ3n) is 1.43. The molecule has 0 aliphatic heterocycles. The normalized spacial score (nSPS) is 12.5. The molecule has 1 aromatic rings. The number of carboxylic acids is 1. The average Bonchev–Trinajstić information content (AvgIpc) is 2.08. The van der Waals surface area contributed by atoms with Crippen molar-refractivity contribution >= 4 is 17.6 Å². The minimum absolute atomic E-state index is 0.146. The zero-order valence-electron chi connectivity index (χ0n) is 6.37. The fraction of sp³-hybridized carbons (Fsp3) is 0.143. The molecule has 6 heteroatoms. The summed E-state index contributed by atoms with van der Waals surface area (Å²) in [5, 5.41) is 8.63. The predicted octanol–water partition coefficient (Wildman–Crippen LogP) is 0.958. The summed E-state index contributed by atoms with van der Waals surface area (Å²) in [5.74, 6) is -2.25. The zero-order valence-corrected chi connectivity index (χ0v) is 7.12. The molecule has 0 aliphatic rings. The Morgan fingerprint density at radius 2 is 2.38 bits per heavy atom. The van der Waals surface area contributed by atoms with Crippen molar-refractivity contribution in [1.82, 2.24) is 4.98 Å². The van der Waals surface area contributed by atoms with Gasteiger partial charge in [0.15, 0.2) is 0 Å². The van der Waals surface area contributed by atoms with Crippen LogP contribution in [0.2, 0.25) is 5.02 Å². The zero-order chi connectivity index (χ0) is 10.0. The van der Waals surface area contributed by atoms with Crippen LogP contribution in [0.5, 0.6) is 0 Å². The van der Waals surface area contributed by atoms with E-state index in [4.69, 9.17) is 22.4 Å². The van der Waals surface area contributed by atoms with E-state index in [9.17, 15) is 9.18 Å². The highest BCUT2D eigenvalue weighted by molar-refractivity contribution is 6.30. The highest BCUT2D eigenvalue weighted by atomic mass is 35.5. The number of hydrogen-bond acceptors (Lipinski definition) is 3. The van der Waals surface area contributed by atoms with E-state index in [1.54, 1.807) is 0 Å². The van der Waals surface area contributed by atoms with Gasteiger partial charge in [0.25, 0.3) is 0 Å². The molecular weight excluding hydrogens is 199 g/mol. The van der Waals surface area contributed by atoms with E-state index in [2.05, 4.69) is 4.98 Å². The van der Waals surface area contributed by atoms with Gasteiger partial charge in [0.1, 0.15) is 6.04 Å². The Balaban J connectivity index is 3.12. The fourth-order valence-corrected chi connectivity index (χ4v) is 0.956. The summed E-state index contributed by atoms with van der Waals surface area (Å²) in [5.41, 5.74) is 4.95. The number of nitrogens with zero attached hydrogens (tertiary/aromatic N) is 1. The topological polar surface area (TPSA) is 76.2 Å². The van der Waals surface area contributed by atoms with Gasteiger partial charge < -0.3 is 10.8 Å². The van der Waals surface area contributed by atoms with Crippen LogP contribution in [-0.4, -0.2) is 16.1 Å². The molecule has 1 heterocycles. The summed E-state index contributed by atoms with van der Waals surface area (Å²) in [7, 11) is 0. The number of aromatic nitrogens is 1. The third kappa shape index (κ3) is 2.13. The third-order valence-corrected chi connectivity index (χ3v) is 1.64. The van der Waals surface area contributed by atoms with Crippen molar-refractivity contribution < 1.29 is 14.3 Å². The van der Waals surface area contributed by atoms with E-state index in [-0.39, 0.29) is 10.6 Å². The second kappa shape index (κ2) is 3.67. The van der Waals surface area contributed by atoms with E-state index in [0.29, 0.717) is 0 Å². The molecular formula is C7H6ClFN2O2. The van der Waals surface area contributed by atoms with E-state index in [1.807, 2.05) is 0 Å². The monoisotopic (exact) mass is 204 g/mol. The van der Waals surface area contributed by atoms with Crippen LogP contribution in [0.4, 0.5) is 4.39 Å². The Labute approximate surface area is 78.1 Å². The van der Waals surface area contributed by atoms with Gasteiger partial charge in [-0.1, -0.05) is 11.6 Å². The molecule has 0 spiro atoms. The Morgan fingerprint density at radius 3 is 2.92 bits per heavy atom. The molecule has 0 saturated heterocycles. The lowest BCUT2D eigenvalue weighted by molar-refractivity contribution is -0.138. The van der Waals surface area contributed by atoms with Gasteiger partial charge in [-0.25, -0.2) is 4.98 Å². The van der Waals surface area contributed by atoms with Crippen LogP contribution < -0.4 is 5.73 Å². The number of aliphatic carboxylic acids is 1. The number of pyridine rings is 1. The smallest absolute Gasteiger partial charge is 0.325 e. The summed E-state index contributed by atoms with van der Waals surface area (Å²) < 4.78 is 12.9.